The molecule has 0 aromatic carbocycles. The average molecular weight is 240 g/mol. The van der Waals surface area contributed by atoms with Crippen molar-refractivity contribution in [1.82, 2.24) is 10.6 Å². The first-order chi connectivity index (χ1) is 7.72. The fourth-order valence-corrected chi connectivity index (χ4v) is 2.27. The second-order valence-corrected chi connectivity index (χ2v) is 4.79. The minimum Gasteiger partial charge on any atom is -0.353 e. The van der Waals surface area contributed by atoms with Gasteiger partial charge in [0.05, 0.1) is 0 Å². The zero-order valence-electron chi connectivity index (χ0n) is 9.95. The Labute approximate surface area is 101 Å². The lowest BCUT2D eigenvalue weighted by Gasteiger charge is -2.12. The van der Waals surface area contributed by atoms with Gasteiger partial charge in [-0.1, -0.05) is 0 Å². The van der Waals surface area contributed by atoms with Crippen LogP contribution in [0.3, 0.4) is 0 Å². The van der Waals surface area contributed by atoms with Gasteiger partial charge in [0.25, 0.3) is 0 Å². The first-order valence-corrected chi connectivity index (χ1v) is 6.61. The molecule has 2 N–H and O–H groups in total. The molecule has 1 rings (SSSR count). The quantitative estimate of drug-likeness (QED) is 0.714. The van der Waals surface area contributed by atoms with E-state index in [4.69, 9.17) is 0 Å². The Bertz CT molecular complexity index is 298. The van der Waals surface area contributed by atoms with E-state index in [9.17, 15) is 4.79 Å². The number of carbonyl (C=O) groups is 1. The first-order valence-electron chi connectivity index (χ1n) is 5.67. The van der Waals surface area contributed by atoms with Gasteiger partial charge in [-0.05, 0) is 55.7 Å². The molecular weight excluding hydrogens is 220 g/mol. The van der Waals surface area contributed by atoms with Crippen LogP contribution in [0.5, 0.6) is 0 Å². The summed E-state index contributed by atoms with van der Waals surface area (Å²) in [5.41, 5.74) is 1.30. The highest BCUT2D eigenvalue weighted by atomic mass is 32.1. The van der Waals surface area contributed by atoms with E-state index >= 15 is 0 Å². The maximum Gasteiger partial charge on any atom is 0.220 e. The Morgan fingerprint density at radius 3 is 3.00 bits per heavy atom. The molecule has 0 aliphatic rings. The van der Waals surface area contributed by atoms with Gasteiger partial charge in [0.1, 0.15) is 0 Å². The summed E-state index contributed by atoms with van der Waals surface area (Å²) in [4.78, 5) is 11.5. The van der Waals surface area contributed by atoms with Crippen LogP contribution in [-0.2, 0) is 11.2 Å². The van der Waals surface area contributed by atoms with Crippen molar-refractivity contribution < 1.29 is 4.79 Å². The van der Waals surface area contributed by atoms with Gasteiger partial charge in [0.2, 0.25) is 5.91 Å². The van der Waals surface area contributed by atoms with Crippen molar-refractivity contribution >= 4 is 17.2 Å². The molecule has 4 heteroatoms. The van der Waals surface area contributed by atoms with E-state index in [0.29, 0.717) is 6.42 Å². The molecule has 1 amide bonds. The van der Waals surface area contributed by atoms with Gasteiger partial charge >= 0.3 is 0 Å². The SMILES string of the molecule is CNCCCC(=O)NC(C)Cc1ccsc1. The molecule has 0 spiro atoms. The van der Waals surface area contributed by atoms with E-state index < -0.39 is 0 Å². The van der Waals surface area contributed by atoms with Gasteiger partial charge < -0.3 is 10.6 Å². The van der Waals surface area contributed by atoms with Crippen molar-refractivity contribution in [2.45, 2.75) is 32.2 Å². The zero-order chi connectivity index (χ0) is 11.8. The highest BCUT2D eigenvalue weighted by Gasteiger charge is 2.07. The van der Waals surface area contributed by atoms with Crippen LogP contribution in [0.4, 0.5) is 0 Å². The summed E-state index contributed by atoms with van der Waals surface area (Å²) in [7, 11) is 1.90. The van der Waals surface area contributed by atoms with Crippen molar-refractivity contribution in [2.24, 2.45) is 0 Å². The molecule has 0 saturated carbocycles. The normalized spacial score (nSPS) is 12.4. The van der Waals surface area contributed by atoms with E-state index in [2.05, 4.69) is 27.5 Å². The van der Waals surface area contributed by atoms with Crippen LogP contribution in [0.1, 0.15) is 25.3 Å². The Morgan fingerprint density at radius 1 is 1.56 bits per heavy atom. The maximum atomic E-state index is 11.5. The highest BCUT2D eigenvalue weighted by molar-refractivity contribution is 7.07. The predicted molar refractivity (Wildman–Crippen MR) is 68.8 cm³/mol. The van der Waals surface area contributed by atoms with Crippen molar-refractivity contribution in [3.8, 4) is 0 Å². The van der Waals surface area contributed by atoms with Crippen molar-refractivity contribution in [1.29, 1.82) is 0 Å². The minimum atomic E-state index is 0.151. The predicted octanol–water partition coefficient (Wildman–Crippen LogP) is 1.79. The molecule has 1 aromatic heterocycles. The number of rotatable bonds is 7. The van der Waals surface area contributed by atoms with E-state index in [1.807, 2.05) is 14.0 Å². The van der Waals surface area contributed by atoms with Crippen LogP contribution in [0.2, 0.25) is 0 Å². The van der Waals surface area contributed by atoms with Crippen molar-refractivity contribution in [3.63, 3.8) is 0 Å². The van der Waals surface area contributed by atoms with E-state index in [0.717, 1.165) is 19.4 Å². The smallest absolute Gasteiger partial charge is 0.220 e. The summed E-state index contributed by atoms with van der Waals surface area (Å²) in [5.74, 6) is 0.151. The minimum absolute atomic E-state index is 0.151. The van der Waals surface area contributed by atoms with Gasteiger partial charge in [-0.2, -0.15) is 11.3 Å². The van der Waals surface area contributed by atoms with Crippen LogP contribution in [0.25, 0.3) is 0 Å². The summed E-state index contributed by atoms with van der Waals surface area (Å²) < 4.78 is 0. The topological polar surface area (TPSA) is 41.1 Å². The van der Waals surface area contributed by atoms with Crippen molar-refractivity contribution in [3.05, 3.63) is 22.4 Å². The van der Waals surface area contributed by atoms with Gasteiger partial charge in [-0.3, -0.25) is 4.79 Å². The molecular formula is C12H20N2OS. The molecule has 1 atom stereocenters. The van der Waals surface area contributed by atoms with Gasteiger partial charge in [-0.25, -0.2) is 0 Å². The summed E-state index contributed by atoms with van der Waals surface area (Å²) in [6.45, 7) is 2.94. The largest absolute Gasteiger partial charge is 0.353 e. The number of nitrogens with one attached hydrogen (secondary N) is 2. The number of carbonyl (C=O) groups excluding carboxylic acids is 1. The number of hydrogen-bond donors (Lipinski definition) is 2. The van der Waals surface area contributed by atoms with Crippen LogP contribution < -0.4 is 10.6 Å². The van der Waals surface area contributed by atoms with Crippen molar-refractivity contribution in [2.75, 3.05) is 13.6 Å². The fraction of sp³-hybridized carbons (Fsp3) is 0.583. The third-order valence-electron chi connectivity index (χ3n) is 2.36. The van der Waals surface area contributed by atoms with Crippen LogP contribution in [0.15, 0.2) is 16.8 Å². The molecule has 3 nitrogen and oxygen atoms in total. The zero-order valence-corrected chi connectivity index (χ0v) is 10.8. The first kappa shape index (κ1) is 13.2. The lowest BCUT2D eigenvalue weighted by atomic mass is 10.1. The fourth-order valence-electron chi connectivity index (χ4n) is 1.59. The maximum absolute atomic E-state index is 11.5. The van der Waals surface area contributed by atoms with Gasteiger partial charge in [0, 0.05) is 12.5 Å². The van der Waals surface area contributed by atoms with E-state index in [1.54, 1.807) is 11.3 Å². The Hall–Kier alpha value is -0.870. The molecule has 0 saturated heterocycles. The Morgan fingerprint density at radius 2 is 2.38 bits per heavy atom. The number of thiophene rings is 1. The molecule has 0 aliphatic carbocycles. The summed E-state index contributed by atoms with van der Waals surface area (Å²) in [6.07, 6.45) is 2.42. The molecule has 0 fully saturated rings. The van der Waals surface area contributed by atoms with Gasteiger partial charge in [0.15, 0.2) is 0 Å². The summed E-state index contributed by atoms with van der Waals surface area (Å²) in [6, 6.07) is 2.32. The lowest BCUT2D eigenvalue weighted by molar-refractivity contribution is -0.121. The van der Waals surface area contributed by atoms with Crippen LogP contribution in [-0.4, -0.2) is 25.5 Å². The molecule has 1 unspecified atom stereocenters. The van der Waals surface area contributed by atoms with Crippen LogP contribution >= 0.6 is 11.3 Å². The lowest BCUT2D eigenvalue weighted by Crippen LogP contribution is -2.34. The average Bonchev–Trinajstić information content (AvgIpc) is 2.70. The summed E-state index contributed by atoms with van der Waals surface area (Å²) in [5, 5.41) is 10.2. The molecule has 1 heterocycles. The second-order valence-electron chi connectivity index (χ2n) is 4.01. The molecule has 0 aliphatic heterocycles. The molecule has 16 heavy (non-hydrogen) atoms. The van der Waals surface area contributed by atoms with Crippen LogP contribution in [0, 0.1) is 0 Å². The van der Waals surface area contributed by atoms with E-state index in [-0.39, 0.29) is 11.9 Å². The Kier molecular flexibility index (Phi) is 6.11. The third-order valence-corrected chi connectivity index (χ3v) is 3.09. The highest BCUT2D eigenvalue weighted by Crippen LogP contribution is 2.08. The monoisotopic (exact) mass is 240 g/mol. The van der Waals surface area contributed by atoms with E-state index in [1.165, 1.54) is 5.56 Å². The third kappa shape index (κ3) is 5.28. The Balaban J connectivity index is 2.18. The molecule has 1 aromatic rings. The number of hydrogen-bond acceptors (Lipinski definition) is 3. The summed E-state index contributed by atoms with van der Waals surface area (Å²) >= 11 is 1.70. The van der Waals surface area contributed by atoms with Gasteiger partial charge in [-0.15, -0.1) is 0 Å². The molecule has 90 valence electrons. The molecule has 0 radical (unpaired) electrons. The number of amides is 1. The standard InChI is InChI=1S/C12H20N2OS/c1-10(8-11-5-7-16-9-11)14-12(15)4-3-6-13-2/h5,7,9-10,13H,3-4,6,8H2,1-2H3,(H,14,15). The molecule has 0 bridgehead atoms. The second kappa shape index (κ2) is 7.41.